The lowest BCUT2D eigenvalue weighted by Crippen LogP contribution is -2.36. The minimum atomic E-state index is 0.295. The molecule has 0 aromatic rings. The van der Waals surface area contributed by atoms with Gasteiger partial charge in [0.15, 0.2) is 0 Å². The van der Waals surface area contributed by atoms with Crippen molar-refractivity contribution in [3.05, 3.63) is 0 Å². The van der Waals surface area contributed by atoms with Gasteiger partial charge in [-0.15, -0.1) is 0 Å². The Morgan fingerprint density at radius 2 is 1.24 bits per heavy atom. The van der Waals surface area contributed by atoms with Crippen molar-refractivity contribution in [2.75, 3.05) is 19.6 Å². The van der Waals surface area contributed by atoms with Crippen LogP contribution in [0.1, 0.15) is 64.2 Å². The number of ketones is 1. The molecule has 0 radical (unpaired) electrons. The molecule has 140 valence electrons. The molecule has 2 aliphatic heterocycles. The molecule has 1 amide bonds. The third-order valence-electron chi connectivity index (χ3n) is 7.48. The van der Waals surface area contributed by atoms with E-state index in [1.807, 2.05) is 0 Å². The molecule has 4 saturated carbocycles. The Labute approximate surface area is 151 Å². The zero-order valence-electron chi connectivity index (χ0n) is 15.5. The fraction of sp³-hybridized carbons (Fsp3) is 0.905. The van der Waals surface area contributed by atoms with Gasteiger partial charge in [0, 0.05) is 24.8 Å². The van der Waals surface area contributed by atoms with E-state index in [0.29, 0.717) is 23.5 Å². The van der Waals surface area contributed by atoms with Gasteiger partial charge in [-0.25, -0.2) is 0 Å². The third-order valence-corrected chi connectivity index (χ3v) is 7.48. The van der Waals surface area contributed by atoms with E-state index in [2.05, 4.69) is 10.6 Å². The highest BCUT2D eigenvalue weighted by Crippen LogP contribution is 2.41. The van der Waals surface area contributed by atoms with E-state index < -0.39 is 0 Å². The van der Waals surface area contributed by atoms with Gasteiger partial charge in [-0.1, -0.05) is 0 Å². The average Bonchev–Trinajstić information content (AvgIpc) is 3.38. The van der Waals surface area contributed by atoms with Crippen molar-refractivity contribution in [3.8, 4) is 0 Å². The van der Waals surface area contributed by atoms with Crippen LogP contribution in [0.3, 0.4) is 0 Å². The Bertz CT molecular complexity index is 492. The van der Waals surface area contributed by atoms with Gasteiger partial charge < -0.3 is 10.6 Å². The molecule has 4 nitrogen and oxygen atoms in total. The van der Waals surface area contributed by atoms with Crippen molar-refractivity contribution in [1.82, 2.24) is 10.6 Å². The van der Waals surface area contributed by atoms with Crippen LogP contribution in [0.5, 0.6) is 0 Å². The first-order chi connectivity index (χ1) is 12.2. The molecule has 6 fully saturated rings. The molecule has 2 saturated heterocycles. The number of fused-ring (bicyclic) bond motifs is 6. The summed E-state index contributed by atoms with van der Waals surface area (Å²) in [6.45, 7) is 3.54. The molecule has 6 rings (SSSR count). The molecule has 4 aliphatic carbocycles. The van der Waals surface area contributed by atoms with Crippen LogP contribution >= 0.6 is 0 Å². The zero-order valence-corrected chi connectivity index (χ0v) is 15.5. The van der Waals surface area contributed by atoms with Crippen LogP contribution in [0.4, 0.5) is 0 Å². The summed E-state index contributed by atoms with van der Waals surface area (Å²) in [5, 5.41) is 6.35. The first-order valence-electron chi connectivity index (χ1n) is 10.7. The number of hydrogen-bond donors (Lipinski definition) is 2. The van der Waals surface area contributed by atoms with Crippen molar-refractivity contribution in [1.29, 1.82) is 0 Å². The smallest absolute Gasteiger partial charge is 0.223 e. The number of hydrogen-bond acceptors (Lipinski definition) is 3. The summed E-state index contributed by atoms with van der Waals surface area (Å²) in [7, 11) is 0. The van der Waals surface area contributed by atoms with E-state index in [1.54, 1.807) is 0 Å². The number of piperidine rings is 2. The van der Waals surface area contributed by atoms with Gasteiger partial charge in [0.05, 0.1) is 0 Å². The monoisotopic (exact) mass is 346 g/mol. The van der Waals surface area contributed by atoms with Gasteiger partial charge in [-0.2, -0.15) is 0 Å². The lowest BCUT2D eigenvalue weighted by Gasteiger charge is -2.18. The summed E-state index contributed by atoms with van der Waals surface area (Å²) >= 11 is 0. The van der Waals surface area contributed by atoms with Crippen molar-refractivity contribution >= 4 is 11.7 Å². The topological polar surface area (TPSA) is 58.2 Å². The van der Waals surface area contributed by atoms with Crippen molar-refractivity contribution < 1.29 is 9.59 Å². The van der Waals surface area contributed by atoms with Crippen molar-refractivity contribution in [3.63, 3.8) is 0 Å². The predicted molar refractivity (Wildman–Crippen MR) is 98.0 cm³/mol. The molecular weight excluding hydrogens is 312 g/mol. The minimum absolute atomic E-state index is 0.295. The number of carbonyl (C=O) groups excluding carboxylic acids is 2. The first-order valence-corrected chi connectivity index (χ1v) is 10.7. The Morgan fingerprint density at radius 1 is 0.640 bits per heavy atom. The molecule has 0 aromatic heterocycles. The second-order valence-corrected chi connectivity index (χ2v) is 9.37. The average molecular weight is 347 g/mol. The van der Waals surface area contributed by atoms with Crippen LogP contribution in [-0.2, 0) is 9.59 Å². The van der Waals surface area contributed by atoms with Gasteiger partial charge in [0.25, 0.3) is 0 Å². The van der Waals surface area contributed by atoms with Crippen molar-refractivity contribution in [2.24, 2.45) is 35.5 Å². The Balaban J connectivity index is 0.0000000943. The molecular formula is C21H34N2O2. The van der Waals surface area contributed by atoms with E-state index in [9.17, 15) is 9.59 Å². The highest BCUT2D eigenvalue weighted by Gasteiger charge is 2.37. The SMILES string of the molecule is C1CC2CNCC1C2.O=C1CC2CCC1C2.O=C1NCC2CCC1C2. The van der Waals surface area contributed by atoms with Crippen LogP contribution < -0.4 is 10.6 Å². The second-order valence-electron chi connectivity index (χ2n) is 9.37. The van der Waals surface area contributed by atoms with Crippen LogP contribution in [0.15, 0.2) is 0 Å². The molecule has 25 heavy (non-hydrogen) atoms. The first kappa shape index (κ1) is 17.5. The summed E-state index contributed by atoms with van der Waals surface area (Å²) in [6, 6.07) is 0. The molecule has 6 atom stereocenters. The van der Waals surface area contributed by atoms with Crippen LogP contribution in [0.2, 0.25) is 0 Å². The van der Waals surface area contributed by atoms with Gasteiger partial charge in [0.1, 0.15) is 5.78 Å². The summed E-state index contributed by atoms with van der Waals surface area (Å²) in [5.41, 5.74) is 0. The van der Waals surface area contributed by atoms with Gasteiger partial charge in [0.2, 0.25) is 5.91 Å². The Hall–Kier alpha value is -0.900. The number of Topliss-reactive ketones (excluding diaryl/α,β-unsaturated/α-hetero) is 1. The molecule has 4 heteroatoms. The Kier molecular flexibility index (Phi) is 5.44. The fourth-order valence-corrected chi connectivity index (χ4v) is 5.93. The molecule has 0 spiro atoms. The quantitative estimate of drug-likeness (QED) is 0.709. The van der Waals surface area contributed by atoms with Crippen molar-refractivity contribution in [2.45, 2.75) is 64.2 Å². The summed E-state index contributed by atoms with van der Waals surface area (Å²) in [6.07, 6.45) is 12.7. The second kappa shape index (κ2) is 7.77. The zero-order chi connectivity index (χ0) is 17.2. The van der Waals surface area contributed by atoms with Gasteiger partial charge in [-0.3, -0.25) is 9.59 Å². The van der Waals surface area contributed by atoms with Crippen LogP contribution in [0, 0.1) is 35.5 Å². The maximum absolute atomic E-state index is 10.9. The molecule has 6 aliphatic rings. The summed E-state index contributed by atoms with van der Waals surface area (Å²) in [5.74, 6) is 5.43. The molecule has 6 bridgehead atoms. The third kappa shape index (κ3) is 4.27. The van der Waals surface area contributed by atoms with E-state index >= 15 is 0 Å². The molecule has 6 unspecified atom stereocenters. The van der Waals surface area contributed by atoms with E-state index in [0.717, 1.165) is 49.5 Å². The lowest BCUT2D eigenvalue weighted by atomic mass is 10.00. The summed E-state index contributed by atoms with van der Waals surface area (Å²) < 4.78 is 0. The van der Waals surface area contributed by atoms with E-state index in [4.69, 9.17) is 0 Å². The number of rotatable bonds is 0. The normalized spacial score (nSPS) is 43.0. The maximum atomic E-state index is 10.9. The van der Waals surface area contributed by atoms with Crippen LogP contribution in [-0.4, -0.2) is 31.3 Å². The van der Waals surface area contributed by atoms with Gasteiger partial charge in [-0.05, 0) is 94.5 Å². The largest absolute Gasteiger partial charge is 0.356 e. The highest BCUT2D eigenvalue weighted by molar-refractivity contribution is 5.84. The van der Waals surface area contributed by atoms with E-state index in [1.165, 1.54) is 58.0 Å². The summed E-state index contributed by atoms with van der Waals surface area (Å²) in [4.78, 5) is 21.8. The molecule has 2 N–H and O–H groups in total. The Morgan fingerprint density at radius 3 is 1.76 bits per heavy atom. The number of amides is 1. The standard InChI is InChI=1S/C7H11NO.C7H13N.C7H10O/c9-7-6-2-1-5(3-6)4-8-7;1-2-7-3-6(1)4-8-5-7;8-7-4-5-1-2-6(7)3-5/h5-6H,1-4H2,(H,8,9);6-8H,1-5H2;5-6H,1-4H2. The minimum Gasteiger partial charge on any atom is -0.356 e. The lowest BCUT2D eigenvalue weighted by molar-refractivity contribution is -0.126. The number of nitrogens with one attached hydrogen (secondary N) is 2. The predicted octanol–water partition coefficient (Wildman–Crippen LogP) is 2.91. The fourth-order valence-electron chi connectivity index (χ4n) is 5.93. The molecule has 2 heterocycles. The highest BCUT2D eigenvalue weighted by atomic mass is 16.2. The van der Waals surface area contributed by atoms with Gasteiger partial charge >= 0.3 is 0 Å². The maximum Gasteiger partial charge on any atom is 0.223 e. The number of carbonyl (C=O) groups is 2. The van der Waals surface area contributed by atoms with E-state index in [-0.39, 0.29) is 0 Å². The molecule has 0 aromatic carbocycles. The van der Waals surface area contributed by atoms with Crippen LogP contribution in [0.25, 0.3) is 0 Å².